The average molecular weight is 246 g/mol. The van der Waals surface area contributed by atoms with Gasteiger partial charge in [-0.15, -0.1) is 11.8 Å². The van der Waals surface area contributed by atoms with E-state index in [1.54, 1.807) is 11.8 Å². The molecule has 0 aliphatic rings. The molecule has 3 nitrogen and oxygen atoms in total. The molecular formula is C12H26N2OS. The number of hydrogen-bond acceptors (Lipinski definition) is 3. The van der Waals surface area contributed by atoms with E-state index in [-0.39, 0.29) is 11.2 Å². The minimum Gasteiger partial charge on any atom is -0.354 e. The van der Waals surface area contributed by atoms with Crippen LogP contribution in [0.5, 0.6) is 0 Å². The molecule has 1 amide bonds. The summed E-state index contributed by atoms with van der Waals surface area (Å²) in [5, 5.41) is 6.29. The molecule has 4 heteroatoms. The Morgan fingerprint density at radius 3 is 2.56 bits per heavy atom. The maximum atomic E-state index is 11.6. The molecule has 0 spiro atoms. The van der Waals surface area contributed by atoms with Gasteiger partial charge in [0.05, 0.1) is 5.25 Å². The largest absolute Gasteiger partial charge is 0.354 e. The van der Waals surface area contributed by atoms with Crippen molar-refractivity contribution < 1.29 is 4.79 Å². The van der Waals surface area contributed by atoms with Gasteiger partial charge in [-0.3, -0.25) is 4.79 Å². The highest BCUT2D eigenvalue weighted by Crippen LogP contribution is 2.12. The lowest BCUT2D eigenvalue weighted by molar-refractivity contribution is -0.120. The van der Waals surface area contributed by atoms with Crippen molar-refractivity contribution in [1.82, 2.24) is 10.6 Å². The highest BCUT2D eigenvalue weighted by atomic mass is 32.2. The topological polar surface area (TPSA) is 41.1 Å². The summed E-state index contributed by atoms with van der Waals surface area (Å²) >= 11 is 1.74. The van der Waals surface area contributed by atoms with E-state index in [4.69, 9.17) is 0 Å². The van der Waals surface area contributed by atoms with E-state index in [0.29, 0.717) is 0 Å². The summed E-state index contributed by atoms with van der Waals surface area (Å²) < 4.78 is 0. The second-order valence-electron chi connectivity index (χ2n) is 3.91. The third kappa shape index (κ3) is 9.04. The molecule has 0 saturated heterocycles. The lowest BCUT2D eigenvalue weighted by Crippen LogP contribution is -2.36. The molecule has 0 aromatic heterocycles. The van der Waals surface area contributed by atoms with Crippen molar-refractivity contribution >= 4 is 17.7 Å². The smallest absolute Gasteiger partial charge is 0.232 e. The molecule has 0 bridgehead atoms. The van der Waals surface area contributed by atoms with Gasteiger partial charge in [-0.2, -0.15) is 0 Å². The fraction of sp³-hybridized carbons (Fsp3) is 0.917. The Morgan fingerprint density at radius 1 is 1.19 bits per heavy atom. The predicted molar refractivity (Wildman–Crippen MR) is 73.0 cm³/mol. The van der Waals surface area contributed by atoms with Crippen molar-refractivity contribution in [2.24, 2.45) is 0 Å². The summed E-state index contributed by atoms with van der Waals surface area (Å²) in [7, 11) is 0. The highest BCUT2D eigenvalue weighted by molar-refractivity contribution is 8.00. The summed E-state index contributed by atoms with van der Waals surface area (Å²) in [6, 6.07) is 0. The third-order valence-electron chi connectivity index (χ3n) is 2.26. The van der Waals surface area contributed by atoms with Gasteiger partial charge < -0.3 is 10.6 Å². The number of unbranched alkanes of at least 4 members (excludes halogenated alkanes) is 1. The molecule has 0 rings (SSSR count). The van der Waals surface area contributed by atoms with Gasteiger partial charge in [-0.1, -0.05) is 20.3 Å². The van der Waals surface area contributed by atoms with Crippen LogP contribution in [0.1, 0.15) is 40.0 Å². The van der Waals surface area contributed by atoms with Crippen LogP contribution in [0.25, 0.3) is 0 Å². The molecule has 0 aliphatic carbocycles. The number of rotatable bonds is 10. The number of thioether (sulfide) groups is 1. The van der Waals surface area contributed by atoms with Crippen LogP contribution in [-0.4, -0.2) is 36.5 Å². The fourth-order valence-corrected chi connectivity index (χ4v) is 2.24. The predicted octanol–water partition coefficient (Wildman–Crippen LogP) is 2.02. The van der Waals surface area contributed by atoms with Crippen LogP contribution < -0.4 is 10.6 Å². The Kier molecular flexibility index (Phi) is 11.1. The van der Waals surface area contributed by atoms with E-state index in [1.807, 2.05) is 6.92 Å². The molecule has 1 atom stereocenters. The van der Waals surface area contributed by atoms with Crippen LogP contribution in [0, 0.1) is 0 Å². The van der Waals surface area contributed by atoms with Crippen molar-refractivity contribution in [2.45, 2.75) is 45.3 Å². The quantitative estimate of drug-likeness (QED) is 0.580. The van der Waals surface area contributed by atoms with Crippen LogP contribution in [0.15, 0.2) is 0 Å². The van der Waals surface area contributed by atoms with Gasteiger partial charge in [0.25, 0.3) is 0 Å². The highest BCUT2D eigenvalue weighted by Gasteiger charge is 2.11. The number of carbonyl (C=O) groups excluding carboxylic acids is 1. The molecule has 0 radical (unpaired) electrons. The monoisotopic (exact) mass is 246 g/mol. The zero-order valence-corrected chi connectivity index (χ0v) is 11.7. The first kappa shape index (κ1) is 15.8. The Bertz CT molecular complexity index is 176. The number of nitrogens with one attached hydrogen (secondary N) is 2. The first-order valence-corrected chi connectivity index (χ1v) is 7.37. The van der Waals surface area contributed by atoms with Gasteiger partial charge in [-0.05, 0) is 32.1 Å². The Labute approximate surface area is 104 Å². The summed E-state index contributed by atoms with van der Waals surface area (Å²) in [5.41, 5.74) is 0. The fourth-order valence-electron chi connectivity index (χ4n) is 1.20. The normalized spacial score (nSPS) is 12.4. The van der Waals surface area contributed by atoms with E-state index in [9.17, 15) is 4.79 Å². The van der Waals surface area contributed by atoms with E-state index < -0.39 is 0 Å². The zero-order valence-electron chi connectivity index (χ0n) is 10.8. The van der Waals surface area contributed by atoms with Crippen molar-refractivity contribution in [3.8, 4) is 0 Å². The SMILES string of the molecule is CCCCSC(C)C(=O)NCCNCCC. The maximum absolute atomic E-state index is 11.6. The molecule has 0 fully saturated rings. The first-order chi connectivity index (χ1) is 7.72. The lowest BCUT2D eigenvalue weighted by Gasteiger charge is -2.11. The van der Waals surface area contributed by atoms with Gasteiger partial charge in [-0.25, -0.2) is 0 Å². The van der Waals surface area contributed by atoms with Gasteiger partial charge >= 0.3 is 0 Å². The van der Waals surface area contributed by atoms with Crippen molar-refractivity contribution in [2.75, 3.05) is 25.4 Å². The van der Waals surface area contributed by atoms with E-state index in [2.05, 4.69) is 24.5 Å². The zero-order chi connectivity index (χ0) is 12.2. The van der Waals surface area contributed by atoms with E-state index >= 15 is 0 Å². The summed E-state index contributed by atoms with van der Waals surface area (Å²) in [5.74, 6) is 1.25. The third-order valence-corrected chi connectivity index (χ3v) is 3.50. The summed E-state index contributed by atoms with van der Waals surface area (Å²) in [6.45, 7) is 8.91. The molecule has 0 aromatic carbocycles. The number of amides is 1. The van der Waals surface area contributed by atoms with Crippen molar-refractivity contribution in [3.63, 3.8) is 0 Å². The van der Waals surface area contributed by atoms with Gasteiger partial charge in [0.15, 0.2) is 0 Å². The lowest BCUT2D eigenvalue weighted by atomic mass is 10.4. The van der Waals surface area contributed by atoms with Gasteiger partial charge in [0.2, 0.25) is 5.91 Å². The molecule has 2 N–H and O–H groups in total. The number of hydrogen-bond donors (Lipinski definition) is 2. The van der Waals surface area contributed by atoms with Crippen LogP contribution >= 0.6 is 11.8 Å². The molecule has 0 saturated carbocycles. The second-order valence-corrected chi connectivity index (χ2v) is 5.36. The summed E-state index contributed by atoms with van der Waals surface area (Å²) in [4.78, 5) is 11.6. The Balaban J connectivity index is 3.40. The minimum absolute atomic E-state index is 0.0812. The van der Waals surface area contributed by atoms with Crippen molar-refractivity contribution in [1.29, 1.82) is 0 Å². The van der Waals surface area contributed by atoms with Gasteiger partial charge in [0.1, 0.15) is 0 Å². The van der Waals surface area contributed by atoms with Crippen LogP contribution in [-0.2, 0) is 4.79 Å². The van der Waals surface area contributed by atoms with Crippen LogP contribution in [0.3, 0.4) is 0 Å². The second kappa shape index (κ2) is 11.3. The Hall–Kier alpha value is -0.220. The standard InChI is InChI=1S/C12H26N2OS/c1-4-6-10-16-11(3)12(15)14-9-8-13-7-5-2/h11,13H,4-10H2,1-3H3,(H,14,15). The average Bonchev–Trinajstić information content (AvgIpc) is 2.28. The van der Waals surface area contributed by atoms with Crippen molar-refractivity contribution in [3.05, 3.63) is 0 Å². The summed E-state index contributed by atoms with van der Waals surface area (Å²) in [6.07, 6.45) is 3.53. The minimum atomic E-state index is 0.0812. The maximum Gasteiger partial charge on any atom is 0.232 e. The van der Waals surface area contributed by atoms with Gasteiger partial charge in [0, 0.05) is 13.1 Å². The van der Waals surface area contributed by atoms with Crippen LogP contribution in [0.2, 0.25) is 0 Å². The Morgan fingerprint density at radius 2 is 1.94 bits per heavy atom. The van der Waals surface area contributed by atoms with Crippen LogP contribution in [0.4, 0.5) is 0 Å². The molecule has 16 heavy (non-hydrogen) atoms. The molecule has 0 aliphatic heterocycles. The molecule has 0 aromatic rings. The molecule has 96 valence electrons. The van der Waals surface area contributed by atoms with E-state index in [0.717, 1.165) is 31.8 Å². The number of carbonyl (C=O) groups is 1. The molecular weight excluding hydrogens is 220 g/mol. The first-order valence-electron chi connectivity index (χ1n) is 6.32. The van der Waals surface area contributed by atoms with E-state index in [1.165, 1.54) is 12.8 Å². The molecule has 1 unspecified atom stereocenters. The molecule has 0 heterocycles.